The highest BCUT2D eigenvalue weighted by atomic mass is 32.2. The van der Waals surface area contributed by atoms with E-state index in [1.807, 2.05) is 6.92 Å². The highest BCUT2D eigenvalue weighted by Gasteiger charge is 2.12. The summed E-state index contributed by atoms with van der Waals surface area (Å²) in [7, 11) is 0. The normalized spacial score (nSPS) is 10.5. The molecule has 0 aliphatic heterocycles. The lowest BCUT2D eigenvalue weighted by molar-refractivity contribution is 0.0954. The number of hydrogen-bond donors (Lipinski definition) is 2. The third-order valence-corrected chi connectivity index (χ3v) is 3.36. The molecule has 17 heavy (non-hydrogen) atoms. The summed E-state index contributed by atoms with van der Waals surface area (Å²) in [6.07, 6.45) is 3.07. The van der Waals surface area contributed by atoms with E-state index in [0.29, 0.717) is 12.1 Å². The summed E-state index contributed by atoms with van der Waals surface area (Å²) in [5, 5.41) is 11.5. The van der Waals surface area contributed by atoms with Crippen LogP contribution in [0.15, 0.2) is 16.7 Å². The van der Waals surface area contributed by atoms with E-state index < -0.39 is 0 Å². The Kier molecular flexibility index (Phi) is 6.81. The second-order valence-corrected chi connectivity index (χ2v) is 4.78. The minimum absolute atomic E-state index is 0.0710. The third-order valence-electron chi connectivity index (χ3n) is 2.29. The van der Waals surface area contributed by atoms with Gasteiger partial charge in [-0.3, -0.25) is 4.79 Å². The molecule has 4 nitrogen and oxygen atoms in total. The second-order valence-electron chi connectivity index (χ2n) is 3.56. The summed E-state index contributed by atoms with van der Waals surface area (Å²) in [5.74, 6) is 2.46. The lowest BCUT2D eigenvalue weighted by Gasteiger charge is -2.04. The Balaban J connectivity index is 2.21. The van der Waals surface area contributed by atoms with Crippen LogP contribution in [-0.2, 0) is 6.42 Å². The van der Waals surface area contributed by atoms with Crippen molar-refractivity contribution >= 4 is 17.7 Å². The van der Waals surface area contributed by atoms with Gasteiger partial charge >= 0.3 is 0 Å². The minimum atomic E-state index is -0.0710. The van der Waals surface area contributed by atoms with E-state index in [-0.39, 0.29) is 12.5 Å². The molecule has 1 aromatic heterocycles. The number of carbonyl (C=O) groups excluding carboxylic acids is 1. The molecule has 0 spiro atoms. The summed E-state index contributed by atoms with van der Waals surface area (Å²) in [5.41, 5.74) is 0.632. The number of nitrogens with one attached hydrogen (secondary N) is 1. The summed E-state index contributed by atoms with van der Waals surface area (Å²) >= 11 is 1.73. The molecule has 0 saturated carbocycles. The monoisotopic (exact) mass is 257 g/mol. The van der Waals surface area contributed by atoms with Crippen molar-refractivity contribution in [2.75, 3.05) is 24.7 Å². The number of aliphatic hydroxyl groups is 1. The van der Waals surface area contributed by atoms with Gasteiger partial charge in [0.15, 0.2) is 0 Å². The van der Waals surface area contributed by atoms with Crippen molar-refractivity contribution in [3.63, 3.8) is 0 Å². The first-order valence-corrected chi connectivity index (χ1v) is 6.98. The molecule has 1 rings (SSSR count). The number of rotatable bonds is 8. The van der Waals surface area contributed by atoms with Crippen LogP contribution in [-0.4, -0.2) is 35.7 Å². The summed E-state index contributed by atoms with van der Waals surface area (Å²) in [4.78, 5) is 11.8. The molecule has 0 bridgehead atoms. The van der Waals surface area contributed by atoms with E-state index in [2.05, 4.69) is 5.32 Å². The molecule has 0 aromatic carbocycles. The van der Waals surface area contributed by atoms with Crippen molar-refractivity contribution in [2.24, 2.45) is 0 Å². The van der Waals surface area contributed by atoms with Crippen molar-refractivity contribution in [1.29, 1.82) is 0 Å². The highest BCUT2D eigenvalue weighted by molar-refractivity contribution is 7.99. The average molecular weight is 257 g/mol. The fraction of sp³-hybridized carbons (Fsp3) is 0.583. The van der Waals surface area contributed by atoms with Crippen molar-refractivity contribution in [3.05, 3.63) is 23.7 Å². The first-order chi connectivity index (χ1) is 8.29. The van der Waals surface area contributed by atoms with Crippen LogP contribution in [0, 0.1) is 0 Å². The first kappa shape index (κ1) is 14.1. The Hall–Kier alpha value is -0.940. The van der Waals surface area contributed by atoms with Gasteiger partial charge in [0.25, 0.3) is 5.91 Å². The van der Waals surface area contributed by atoms with E-state index in [1.54, 1.807) is 24.1 Å². The molecule has 1 heterocycles. The molecule has 0 unspecified atom stereocenters. The van der Waals surface area contributed by atoms with E-state index in [4.69, 9.17) is 9.52 Å². The zero-order valence-electron chi connectivity index (χ0n) is 10.1. The van der Waals surface area contributed by atoms with Gasteiger partial charge in [0.2, 0.25) is 0 Å². The third kappa shape index (κ3) is 4.83. The summed E-state index contributed by atoms with van der Waals surface area (Å²) in [6.45, 7) is 2.83. The number of hydrogen-bond acceptors (Lipinski definition) is 4. The summed E-state index contributed by atoms with van der Waals surface area (Å²) in [6, 6.07) is 1.70. The molecular weight excluding hydrogens is 238 g/mol. The Morgan fingerprint density at radius 3 is 3.06 bits per heavy atom. The quantitative estimate of drug-likeness (QED) is 0.696. The van der Waals surface area contributed by atoms with Crippen LogP contribution < -0.4 is 5.32 Å². The zero-order chi connectivity index (χ0) is 12.5. The van der Waals surface area contributed by atoms with Crippen molar-refractivity contribution in [1.82, 2.24) is 5.32 Å². The molecular formula is C12H19NO3S. The molecule has 1 aromatic rings. The summed E-state index contributed by atoms with van der Waals surface area (Å²) < 4.78 is 5.20. The van der Waals surface area contributed by atoms with Crippen LogP contribution in [0.5, 0.6) is 0 Å². The largest absolute Gasteiger partial charge is 0.469 e. The van der Waals surface area contributed by atoms with Gasteiger partial charge in [-0.1, -0.05) is 6.92 Å². The fourth-order valence-corrected chi connectivity index (χ4v) is 2.20. The van der Waals surface area contributed by atoms with Crippen LogP contribution in [0.2, 0.25) is 0 Å². The van der Waals surface area contributed by atoms with Gasteiger partial charge in [-0.2, -0.15) is 11.8 Å². The molecule has 0 radical (unpaired) electrons. The Morgan fingerprint density at radius 1 is 1.53 bits per heavy atom. The SMILES string of the molecule is CCc1occc1C(=O)NCCSCCCO. The number of thioether (sulfide) groups is 1. The molecule has 96 valence electrons. The van der Waals surface area contributed by atoms with Crippen molar-refractivity contribution < 1.29 is 14.3 Å². The number of furan rings is 1. The molecule has 0 aliphatic carbocycles. The van der Waals surface area contributed by atoms with E-state index in [0.717, 1.165) is 30.1 Å². The molecule has 2 N–H and O–H groups in total. The minimum Gasteiger partial charge on any atom is -0.469 e. The Labute approximate surface area is 106 Å². The molecule has 0 saturated heterocycles. The fourth-order valence-electron chi connectivity index (χ4n) is 1.42. The maximum absolute atomic E-state index is 11.8. The first-order valence-electron chi connectivity index (χ1n) is 5.82. The molecule has 1 amide bonds. The maximum atomic E-state index is 11.8. The standard InChI is InChI=1S/C12H19NO3S/c1-2-11-10(4-7-16-11)12(15)13-5-9-17-8-3-6-14/h4,7,14H,2-3,5-6,8-9H2,1H3,(H,13,15). The van der Waals surface area contributed by atoms with E-state index in [9.17, 15) is 4.79 Å². The van der Waals surface area contributed by atoms with E-state index in [1.165, 1.54) is 0 Å². The van der Waals surface area contributed by atoms with E-state index >= 15 is 0 Å². The number of carbonyl (C=O) groups is 1. The topological polar surface area (TPSA) is 62.5 Å². The Morgan fingerprint density at radius 2 is 2.35 bits per heavy atom. The van der Waals surface area contributed by atoms with Gasteiger partial charge in [-0.25, -0.2) is 0 Å². The predicted molar refractivity (Wildman–Crippen MR) is 69.4 cm³/mol. The van der Waals surface area contributed by atoms with Crippen LogP contribution in [0.4, 0.5) is 0 Å². The van der Waals surface area contributed by atoms with Crippen LogP contribution in [0.3, 0.4) is 0 Å². The lowest BCUT2D eigenvalue weighted by atomic mass is 10.2. The van der Waals surface area contributed by atoms with Crippen molar-refractivity contribution in [2.45, 2.75) is 19.8 Å². The average Bonchev–Trinajstić information content (AvgIpc) is 2.81. The second kappa shape index (κ2) is 8.20. The van der Waals surface area contributed by atoms with Crippen LogP contribution >= 0.6 is 11.8 Å². The van der Waals surface area contributed by atoms with Gasteiger partial charge in [-0.15, -0.1) is 0 Å². The Bertz CT molecular complexity index is 338. The maximum Gasteiger partial charge on any atom is 0.254 e. The molecule has 0 fully saturated rings. The van der Waals surface area contributed by atoms with Crippen LogP contribution in [0.1, 0.15) is 29.5 Å². The number of amides is 1. The number of aliphatic hydroxyl groups excluding tert-OH is 1. The number of aryl methyl sites for hydroxylation is 1. The van der Waals surface area contributed by atoms with Gasteiger partial charge < -0.3 is 14.8 Å². The van der Waals surface area contributed by atoms with Crippen LogP contribution in [0.25, 0.3) is 0 Å². The van der Waals surface area contributed by atoms with Gasteiger partial charge in [-0.05, 0) is 18.2 Å². The molecule has 0 atom stereocenters. The predicted octanol–water partition coefficient (Wildman–Crippen LogP) is 1.69. The van der Waals surface area contributed by atoms with Gasteiger partial charge in [0.1, 0.15) is 5.76 Å². The van der Waals surface area contributed by atoms with Gasteiger partial charge in [0.05, 0.1) is 11.8 Å². The van der Waals surface area contributed by atoms with Crippen molar-refractivity contribution in [3.8, 4) is 0 Å². The lowest BCUT2D eigenvalue weighted by Crippen LogP contribution is -2.26. The molecule has 5 heteroatoms. The smallest absolute Gasteiger partial charge is 0.254 e. The molecule has 0 aliphatic rings. The zero-order valence-corrected chi connectivity index (χ0v) is 10.9. The van der Waals surface area contributed by atoms with Gasteiger partial charge in [0, 0.05) is 25.3 Å². The highest BCUT2D eigenvalue weighted by Crippen LogP contribution is 2.10.